The highest BCUT2D eigenvalue weighted by atomic mass is 32.2. The molecule has 0 aliphatic carbocycles. The lowest BCUT2D eigenvalue weighted by Crippen LogP contribution is -2.48. The summed E-state index contributed by atoms with van der Waals surface area (Å²) >= 11 is 1.58. The van der Waals surface area contributed by atoms with Crippen molar-refractivity contribution in [1.82, 2.24) is 4.72 Å². The van der Waals surface area contributed by atoms with Crippen molar-refractivity contribution in [3.8, 4) is 0 Å². The second-order valence-electron chi connectivity index (χ2n) is 6.28. The lowest BCUT2D eigenvalue weighted by Gasteiger charge is -2.32. The highest BCUT2D eigenvalue weighted by Crippen LogP contribution is 2.29. The summed E-state index contributed by atoms with van der Waals surface area (Å²) < 4.78 is 37.9. The summed E-state index contributed by atoms with van der Waals surface area (Å²) in [5.74, 6) is 0. The van der Waals surface area contributed by atoms with Gasteiger partial charge < -0.3 is 9.47 Å². The highest BCUT2D eigenvalue weighted by Gasteiger charge is 2.30. The minimum absolute atomic E-state index is 0.199. The van der Waals surface area contributed by atoms with Gasteiger partial charge in [-0.05, 0) is 23.8 Å². The molecular weight excluding hydrogens is 382 g/mol. The van der Waals surface area contributed by atoms with Crippen molar-refractivity contribution in [2.24, 2.45) is 0 Å². The summed E-state index contributed by atoms with van der Waals surface area (Å²) in [5, 5.41) is 0. The molecule has 0 spiro atoms. The van der Waals surface area contributed by atoms with E-state index in [1.54, 1.807) is 11.8 Å². The molecule has 0 radical (unpaired) electrons. The predicted octanol–water partition coefficient (Wildman–Crippen LogP) is 3.19. The van der Waals surface area contributed by atoms with Crippen molar-refractivity contribution in [1.29, 1.82) is 0 Å². The van der Waals surface area contributed by atoms with Gasteiger partial charge in [-0.15, -0.1) is 0 Å². The van der Waals surface area contributed by atoms with Crippen LogP contribution in [0, 0.1) is 0 Å². The van der Waals surface area contributed by atoms with Crippen LogP contribution in [0.4, 0.5) is 0 Å². The number of benzene rings is 2. The Kier molecular flexibility index (Phi) is 7.09. The van der Waals surface area contributed by atoms with Crippen molar-refractivity contribution in [2.45, 2.75) is 29.1 Å². The second-order valence-corrected chi connectivity index (χ2v) is 9.23. The van der Waals surface area contributed by atoms with Crippen LogP contribution in [0.15, 0.2) is 77.7 Å². The minimum atomic E-state index is -3.35. The van der Waals surface area contributed by atoms with Crippen LogP contribution in [0.3, 0.4) is 0 Å². The van der Waals surface area contributed by atoms with E-state index in [1.807, 2.05) is 72.8 Å². The predicted molar refractivity (Wildman–Crippen MR) is 108 cm³/mol. The zero-order chi connectivity index (χ0) is 19.1. The third-order valence-corrected chi connectivity index (χ3v) is 5.67. The van der Waals surface area contributed by atoms with Crippen LogP contribution in [0.5, 0.6) is 0 Å². The Bertz CT molecular complexity index is 841. The lowest BCUT2D eigenvalue weighted by atomic mass is 10.1. The number of hydrogen-bond donors (Lipinski definition) is 1. The third kappa shape index (κ3) is 6.79. The summed E-state index contributed by atoms with van der Waals surface area (Å²) in [7, 11) is -3.35. The number of nitrogens with one attached hydrogen (secondary N) is 1. The van der Waals surface area contributed by atoms with Crippen LogP contribution in [0.1, 0.15) is 5.56 Å². The van der Waals surface area contributed by atoms with Crippen LogP contribution >= 0.6 is 11.8 Å². The molecule has 2 aromatic rings. The fraction of sp³-hybridized carbons (Fsp3) is 0.300. The third-order valence-electron chi connectivity index (χ3n) is 3.92. The average molecular weight is 406 g/mol. The molecule has 0 fully saturated rings. The molecule has 1 heterocycles. The van der Waals surface area contributed by atoms with Crippen LogP contribution in [0.25, 0.3) is 0 Å². The lowest BCUT2D eigenvalue weighted by molar-refractivity contribution is -0.0342. The molecule has 144 valence electrons. The quantitative estimate of drug-likeness (QED) is 0.684. The van der Waals surface area contributed by atoms with E-state index in [9.17, 15) is 8.42 Å². The SMILES string of the molecule is CS(=O)(=O)N[C@@H]1C=C[C@H](Sc2ccccc2)O[C@@H]1COCc1ccccc1. The molecule has 0 aromatic heterocycles. The van der Waals surface area contributed by atoms with Crippen molar-refractivity contribution < 1.29 is 17.9 Å². The van der Waals surface area contributed by atoms with Crippen molar-refractivity contribution >= 4 is 21.8 Å². The molecule has 1 aliphatic heterocycles. The van der Waals surface area contributed by atoms with Crippen molar-refractivity contribution in [3.05, 3.63) is 78.4 Å². The molecule has 1 aliphatic rings. The Hall–Kier alpha value is -1.64. The standard InChI is InChI=1S/C20H23NO4S2/c1-27(22,23)21-18-12-13-20(26-17-10-6-3-7-11-17)25-19(18)15-24-14-16-8-4-2-5-9-16/h2-13,18-21H,14-15H2,1H3/t18-,19-,20+/m1/s1. The Morgan fingerprint density at radius 1 is 1.04 bits per heavy atom. The summed E-state index contributed by atoms with van der Waals surface area (Å²) in [6.45, 7) is 0.741. The topological polar surface area (TPSA) is 64.6 Å². The van der Waals surface area contributed by atoms with Crippen molar-refractivity contribution in [2.75, 3.05) is 12.9 Å². The first kappa shape index (κ1) is 20.1. The Labute approximate surface area is 164 Å². The number of thioether (sulfide) groups is 1. The largest absolute Gasteiger partial charge is 0.374 e. The number of hydrogen-bond acceptors (Lipinski definition) is 5. The zero-order valence-corrected chi connectivity index (χ0v) is 16.7. The van der Waals surface area contributed by atoms with Crippen LogP contribution in [-0.2, 0) is 26.1 Å². The van der Waals surface area contributed by atoms with E-state index in [0.29, 0.717) is 6.61 Å². The monoisotopic (exact) mass is 405 g/mol. The van der Waals surface area contributed by atoms with Gasteiger partial charge in [0.05, 0.1) is 25.5 Å². The molecule has 0 bridgehead atoms. The zero-order valence-electron chi connectivity index (χ0n) is 15.0. The van der Waals surface area contributed by atoms with Gasteiger partial charge in [0.1, 0.15) is 11.5 Å². The first-order chi connectivity index (χ1) is 13.0. The molecule has 3 atom stereocenters. The number of sulfonamides is 1. The smallest absolute Gasteiger partial charge is 0.209 e. The second kappa shape index (κ2) is 9.52. The van der Waals surface area contributed by atoms with Gasteiger partial charge in [0, 0.05) is 4.90 Å². The van der Waals surface area contributed by atoms with Crippen LogP contribution in [-0.4, -0.2) is 38.9 Å². The molecule has 0 amide bonds. The first-order valence-electron chi connectivity index (χ1n) is 8.64. The molecule has 2 aromatic carbocycles. The van der Waals surface area contributed by atoms with Gasteiger partial charge in [-0.3, -0.25) is 0 Å². The van der Waals surface area contributed by atoms with Gasteiger partial charge in [0.15, 0.2) is 0 Å². The van der Waals surface area contributed by atoms with Crippen LogP contribution in [0.2, 0.25) is 0 Å². The van der Waals surface area contributed by atoms with Gasteiger partial charge in [-0.25, -0.2) is 13.1 Å². The first-order valence-corrected chi connectivity index (χ1v) is 11.4. The van der Waals surface area contributed by atoms with E-state index in [4.69, 9.17) is 9.47 Å². The summed E-state index contributed by atoms with van der Waals surface area (Å²) in [5.41, 5.74) is 0.863. The summed E-state index contributed by atoms with van der Waals surface area (Å²) in [6.07, 6.45) is 4.47. The van der Waals surface area contributed by atoms with E-state index < -0.39 is 22.2 Å². The van der Waals surface area contributed by atoms with Gasteiger partial charge in [0.25, 0.3) is 0 Å². The van der Waals surface area contributed by atoms with Gasteiger partial charge in [-0.2, -0.15) is 0 Å². The summed E-state index contributed by atoms with van der Waals surface area (Å²) in [4.78, 5) is 1.09. The maximum absolute atomic E-state index is 11.7. The normalized spacial score (nSPS) is 22.6. The maximum Gasteiger partial charge on any atom is 0.209 e. The molecule has 5 nitrogen and oxygen atoms in total. The summed E-state index contributed by atoms with van der Waals surface area (Å²) in [6, 6.07) is 19.3. The molecule has 27 heavy (non-hydrogen) atoms. The van der Waals surface area contributed by atoms with Crippen LogP contribution < -0.4 is 4.72 Å². The Morgan fingerprint density at radius 3 is 2.37 bits per heavy atom. The van der Waals surface area contributed by atoms with E-state index in [-0.39, 0.29) is 12.0 Å². The molecule has 3 rings (SSSR count). The fourth-order valence-corrected chi connectivity index (χ4v) is 4.38. The van der Waals surface area contributed by atoms with E-state index in [1.165, 1.54) is 0 Å². The average Bonchev–Trinajstić information content (AvgIpc) is 2.64. The molecule has 0 saturated carbocycles. The number of rotatable bonds is 8. The fourth-order valence-electron chi connectivity index (χ4n) is 2.71. The van der Waals surface area contributed by atoms with Gasteiger partial charge >= 0.3 is 0 Å². The van der Waals surface area contributed by atoms with Crippen molar-refractivity contribution in [3.63, 3.8) is 0 Å². The molecule has 0 unspecified atom stereocenters. The number of ether oxygens (including phenoxy) is 2. The van der Waals surface area contributed by atoms with Gasteiger partial charge in [0.2, 0.25) is 10.0 Å². The Balaban J connectivity index is 1.63. The molecule has 0 saturated heterocycles. The highest BCUT2D eigenvalue weighted by molar-refractivity contribution is 8.00. The van der Waals surface area contributed by atoms with E-state index in [2.05, 4.69) is 4.72 Å². The minimum Gasteiger partial charge on any atom is -0.374 e. The molecular formula is C20H23NO4S2. The maximum atomic E-state index is 11.7. The van der Waals surface area contributed by atoms with E-state index >= 15 is 0 Å². The Morgan fingerprint density at radius 2 is 1.70 bits per heavy atom. The molecule has 7 heteroatoms. The van der Waals surface area contributed by atoms with E-state index in [0.717, 1.165) is 16.7 Å². The van der Waals surface area contributed by atoms with Gasteiger partial charge in [-0.1, -0.05) is 66.4 Å². The molecule has 1 N–H and O–H groups in total.